The molecular formula is C24H31N3O2. The molecule has 154 valence electrons. The molecule has 29 heavy (non-hydrogen) atoms. The Morgan fingerprint density at radius 1 is 1.03 bits per heavy atom. The number of nitrogens with zero attached hydrogens (tertiary/aromatic N) is 1. The third kappa shape index (κ3) is 3.97. The summed E-state index contributed by atoms with van der Waals surface area (Å²) < 4.78 is 0. The molecule has 2 saturated carbocycles. The van der Waals surface area contributed by atoms with Gasteiger partial charge in [0.1, 0.15) is 0 Å². The van der Waals surface area contributed by atoms with Gasteiger partial charge in [0.05, 0.1) is 12.2 Å². The number of ketones is 1. The number of rotatable bonds is 6. The minimum atomic E-state index is -0.00878. The lowest BCUT2D eigenvalue weighted by molar-refractivity contribution is -0.117. The fourth-order valence-corrected chi connectivity index (χ4v) is 5.45. The molecule has 1 amide bonds. The molecule has 0 unspecified atom stereocenters. The van der Waals surface area contributed by atoms with E-state index in [0.29, 0.717) is 17.8 Å². The van der Waals surface area contributed by atoms with Crippen LogP contribution in [0.1, 0.15) is 61.7 Å². The summed E-state index contributed by atoms with van der Waals surface area (Å²) in [5.74, 6) is 2.09. The molecule has 3 aliphatic carbocycles. The molecule has 0 aromatic carbocycles. The molecule has 1 saturated heterocycles. The van der Waals surface area contributed by atoms with Crippen molar-refractivity contribution >= 4 is 17.4 Å². The smallest absolute Gasteiger partial charge is 0.238 e. The van der Waals surface area contributed by atoms with Gasteiger partial charge in [-0.3, -0.25) is 14.5 Å². The van der Waals surface area contributed by atoms with Crippen LogP contribution in [0.5, 0.6) is 0 Å². The van der Waals surface area contributed by atoms with Gasteiger partial charge in [-0.25, -0.2) is 0 Å². The average Bonchev–Trinajstić information content (AvgIpc) is 3.32. The minimum absolute atomic E-state index is 0.00878. The lowest BCUT2D eigenvalue weighted by Gasteiger charge is -2.34. The van der Waals surface area contributed by atoms with Gasteiger partial charge in [0.25, 0.3) is 0 Å². The molecule has 5 aliphatic rings. The van der Waals surface area contributed by atoms with Crippen LogP contribution in [0.2, 0.25) is 0 Å². The monoisotopic (exact) mass is 393 g/mol. The Labute approximate surface area is 172 Å². The zero-order valence-corrected chi connectivity index (χ0v) is 17.1. The maximum atomic E-state index is 12.8. The van der Waals surface area contributed by atoms with Gasteiger partial charge in [0.15, 0.2) is 5.78 Å². The Balaban J connectivity index is 1.23. The molecule has 5 nitrogen and oxygen atoms in total. The molecular weight excluding hydrogens is 362 g/mol. The van der Waals surface area contributed by atoms with Crippen molar-refractivity contribution in [3.8, 4) is 11.1 Å². The van der Waals surface area contributed by atoms with Gasteiger partial charge in [-0.1, -0.05) is 25.7 Å². The maximum absolute atomic E-state index is 12.8. The fraction of sp³-hybridized carbons (Fsp3) is 0.583. The number of piperidine rings is 1. The Morgan fingerprint density at radius 3 is 2.48 bits per heavy atom. The molecule has 2 heterocycles. The van der Waals surface area contributed by atoms with Gasteiger partial charge < -0.3 is 10.3 Å². The molecule has 0 aromatic rings. The topological polar surface area (TPSA) is 65.2 Å². The molecule has 5 heteroatoms. The van der Waals surface area contributed by atoms with Crippen molar-refractivity contribution in [2.24, 2.45) is 17.8 Å². The van der Waals surface area contributed by atoms with Gasteiger partial charge in [-0.2, -0.15) is 0 Å². The number of carbonyl (C=O) groups is 2. The number of hydrogen-bond acceptors (Lipinski definition) is 3. The van der Waals surface area contributed by atoms with E-state index in [4.69, 9.17) is 0 Å². The number of nitrogens with one attached hydrogen (secondary N) is 2. The van der Waals surface area contributed by atoms with Crippen LogP contribution in [0.3, 0.4) is 0 Å². The first-order valence-corrected chi connectivity index (χ1v) is 11.3. The van der Waals surface area contributed by atoms with E-state index < -0.39 is 0 Å². The summed E-state index contributed by atoms with van der Waals surface area (Å²) in [4.78, 5) is 31.0. The summed E-state index contributed by atoms with van der Waals surface area (Å²) in [6, 6.07) is 3.90. The van der Waals surface area contributed by atoms with Crippen LogP contribution >= 0.6 is 0 Å². The highest BCUT2D eigenvalue weighted by atomic mass is 16.2. The first kappa shape index (κ1) is 18.9. The minimum Gasteiger partial charge on any atom is -0.367 e. The molecule has 0 spiro atoms. The number of Topliss-reactive ketones (excluding diaryl/α,β-unsaturated/α-hetero) is 1. The fourth-order valence-electron chi connectivity index (χ4n) is 5.45. The van der Waals surface area contributed by atoms with E-state index in [1.54, 1.807) is 0 Å². The highest BCUT2D eigenvalue weighted by Crippen LogP contribution is 2.41. The molecule has 0 bridgehead atoms. The van der Waals surface area contributed by atoms with Crippen LogP contribution in [0.25, 0.3) is 11.1 Å². The van der Waals surface area contributed by atoms with Gasteiger partial charge in [-0.15, -0.1) is 0 Å². The van der Waals surface area contributed by atoms with E-state index in [2.05, 4.69) is 15.2 Å². The van der Waals surface area contributed by atoms with Crippen molar-refractivity contribution in [3.05, 3.63) is 30.1 Å². The summed E-state index contributed by atoms with van der Waals surface area (Å²) in [6.45, 7) is 2.44. The van der Waals surface area contributed by atoms with Gasteiger partial charge in [0.2, 0.25) is 5.91 Å². The van der Waals surface area contributed by atoms with E-state index in [9.17, 15) is 9.59 Å². The Hall–Kier alpha value is -2.14. The Kier molecular flexibility index (Phi) is 5.17. The largest absolute Gasteiger partial charge is 0.367 e. The number of aromatic amines is 1. The van der Waals surface area contributed by atoms with Crippen molar-refractivity contribution < 1.29 is 9.59 Å². The van der Waals surface area contributed by atoms with Crippen LogP contribution < -0.4 is 5.32 Å². The van der Waals surface area contributed by atoms with Crippen LogP contribution in [-0.4, -0.2) is 41.2 Å². The average molecular weight is 394 g/mol. The zero-order valence-electron chi connectivity index (χ0n) is 17.1. The normalized spacial score (nSPS) is 21.7. The van der Waals surface area contributed by atoms with Gasteiger partial charge in [-0.05, 0) is 68.3 Å². The number of hydrogen-bond donors (Lipinski definition) is 2. The lowest BCUT2D eigenvalue weighted by atomic mass is 9.83. The van der Waals surface area contributed by atoms with E-state index in [0.717, 1.165) is 48.9 Å². The highest BCUT2D eigenvalue weighted by Gasteiger charge is 2.34. The SMILES string of the molecule is O=C(CN1CCC(C2CCCC2)CC1)Nc1c(C(=O)C2CC2)cc2cc[nH]cc1-2. The van der Waals surface area contributed by atoms with Gasteiger partial charge in [0, 0.05) is 29.4 Å². The molecule has 0 atom stereocenters. The standard InChI is InChI=1S/C24H31N3O2/c28-22(15-27-11-8-17(9-12-27)16-3-1-2-4-16)26-23-20(24(29)18-5-6-18)13-19-7-10-25-14-21(19)23/h7,10,13-14,16-18,25H,1-6,8-9,11-12,15H2,(H,26,28). The van der Waals surface area contributed by atoms with Crippen molar-refractivity contribution in [1.82, 2.24) is 9.88 Å². The van der Waals surface area contributed by atoms with E-state index in [1.165, 1.54) is 38.5 Å². The van der Waals surface area contributed by atoms with Crippen molar-refractivity contribution in [3.63, 3.8) is 0 Å². The van der Waals surface area contributed by atoms with E-state index in [1.807, 2.05) is 24.5 Å². The van der Waals surface area contributed by atoms with Crippen molar-refractivity contribution in [2.45, 2.75) is 51.4 Å². The number of anilines is 1. The van der Waals surface area contributed by atoms with Crippen LogP contribution in [-0.2, 0) is 4.79 Å². The second-order valence-electron chi connectivity index (χ2n) is 9.29. The number of H-pyrrole nitrogens is 1. The summed E-state index contributed by atoms with van der Waals surface area (Å²) in [5, 5.41) is 3.09. The van der Waals surface area contributed by atoms with Crippen molar-refractivity contribution in [1.29, 1.82) is 0 Å². The number of carbonyl (C=O) groups excluding carboxylic acids is 2. The highest BCUT2D eigenvalue weighted by molar-refractivity contribution is 6.12. The van der Waals surface area contributed by atoms with Crippen molar-refractivity contribution in [2.75, 3.05) is 25.0 Å². The summed E-state index contributed by atoms with van der Waals surface area (Å²) >= 11 is 0. The molecule has 2 N–H and O–H groups in total. The first-order valence-electron chi connectivity index (χ1n) is 11.3. The molecule has 0 aromatic heterocycles. The number of fused-ring (bicyclic) bond motifs is 1. The second-order valence-corrected chi connectivity index (χ2v) is 9.29. The summed E-state index contributed by atoms with van der Waals surface area (Å²) in [7, 11) is 0. The Morgan fingerprint density at radius 2 is 1.76 bits per heavy atom. The van der Waals surface area contributed by atoms with E-state index in [-0.39, 0.29) is 17.6 Å². The molecule has 5 rings (SSSR count). The predicted octanol–water partition coefficient (Wildman–Crippen LogP) is 4.55. The lowest BCUT2D eigenvalue weighted by Crippen LogP contribution is -2.40. The van der Waals surface area contributed by atoms with Crippen LogP contribution in [0.15, 0.2) is 24.5 Å². The molecule has 2 aliphatic heterocycles. The predicted molar refractivity (Wildman–Crippen MR) is 114 cm³/mol. The third-order valence-electron chi connectivity index (χ3n) is 7.28. The molecule has 0 radical (unpaired) electrons. The molecule has 3 fully saturated rings. The van der Waals surface area contributed by atoms with E-state index >= 15 is 0 Å². The Bertz CT molecular complexity index is 855. The second kappa shape index (κ2) is 7.94. The van der Waals surface area contributed by atoms with Crippen LogP contribution in [0.4, 0.5) is 5.69 Å². The third-order valence-corrected chi connectivity index (χ3v) is 7.28. The quantitative estimate of drug-likeness (QED) is 0.708. The summed E-state index contributed by atoms with van der Waals surface area (Å²) in [5.41, 5.74) is 3.29. The first-order chi connectivity index (χ1) is 14.2. The van der Waals surface area contributed by atoms with Gasteiger partial charge >= 0.3 is 0 Å². The number of pyridine rings is 1. The summed E-state index contributed by atoms with van der Waals surface area (Å²) in [6.07, 6.45) is 13.7. The zero-order chi connectivity index (χ0) is 19.8. The maximum Gasteiger partial charge on any atom is 0.238 e. The number of aromatic nitrogens is 1. The van der Waals surface area contributed by atoms with Crippen LogP contribution in [0, 0.1) is 17.8 Å². The number of amides is 1. The number of likely N-dealkylation sites (tertiary alicyclic amines) is 1.